The van der Waals surface area contributed by atoms with Gasteiger partial charge >= 0.3 is 6.03 Å². The van der Waals surface area contributed by atoms with Gasteiger partial charge in [-0.3, -0.25) is 0 Å². The molecule has 0 aliphatic heterocycles. The van der Waals surface area contributed by atoms with Crippen LogP contribution in [0.1, 0.15) is 28.8 Å². The topological polar surface area (TPSA) is 54.0 Å². The first-order chi connectivity index (χ1) is 10.3. The maximum absolute atomic E-state index is 11.4. The molecule has 0 spiro atoms. The molecule has 5 heteroatoms. The Morgan fingerprint density at radius 2 is 1.95 bits per heavy atom. The second-order valence-corrected chi connectivity index (χ2v) is 6.02. The minimum atomic E-state index is -0.0992. The number of hydrogen-bond acceptors (Lipinski definition) is 3. The molecular formula is C16H21N3OS. The van der Waals surface area contributed by atoms with Crippen LogP contribution in [0.3, 0.4) is 0 Å². The first-order valence-electron chi connectivity index (χ1n) is 7.27. The van der Waals surface area contributed by atoms with E-state index in [1.54, 1.807) is 11.3 Å². The van der Waals surface area contributed by atoms with Crippen LogP contribution in [0, 0.1) is 0 Å². The molecule has 0 aliphatic rings. The first kappa shape index (κ1) is 15.5. The van der Waals surface area contributed by atoms with Crippen LogP contribution in [-0.2, 0) is 12.8 Å². The van der Waals surface area contributed by atoms with Crippen LogP contribution >= 0.6 is 11.3 Å². The Balaban J connectivity index is 1.74. The van der Waals surface area contributed by atoms with Crippen LogP contribution in [0.25, 0.3) is 0 Å². The van der Waals surface area contributed by atoms with Crippen LogP contribution in [0.5, 0.6) is 0 Å². The van der Waals surface area contributed by atoms with Crippen LogP contribution in [0.4, 0.5) is 4.79 Å². The van der Waals surface area contributed by atoms with Gasteiger partial charge in [-0.2, -0.15) is 0 Å². The highest BCUT2D eigenvalue weighted by Gasteiger charge is 2.04. The lowest BCUT2D eigenvalue weighted by Gasteiger charge is -2.04. The van der Waals surface area contributed by atoms with E-state index in [1.165, 1.54) is 10.4 Å². The van der Waals surface area contributed by atoms with Crippen molar-refractivity contribution in [3.8, 4) is 0 Å². The monoisotopic (exact) mass is 303 g/mol. The molecule has 0 saturated heterocycles. The van der Waals surface area contributed by atoms with E-state index >= 15 is 0 Å². The number of nitrogens with zero attached hydrogens (tertiary/aromatic N) is 1. The fraction of sp³-hybridized carbons (Fsp3) is 0.375. The number of carbonyl (C=O) groups excluding carboxylic acids is 1. The fourth-order valence-electron chi connectivity index (χ4n) is 1.93. The zero-order valence-electron chi connectivity index (χ0n) is 12.3. The molecule has 0 fully saturated rings. The molecule has 2 rings (SSSR count). The molecule has 0 bridgehead atoms. The number of hydrogen-bond donors (Lipinski definition) is 2. The van der Waals surface area contributed by atoms with Crippen molar-refractivity contribution in [2.24, 2.45) is 0 Å². The van der Waals surface area contributed by atoms with E-state index in [9.17, 15) is 4.79 Å². The highest BCUT2D eigenvalue weighted by molar-refractivity contribution is 7.11. The third kappa shape index (κ3) is 5.55. The molecule has 1 heterocycles. The normalized spacial score (nSPS) is 10.3. The summed E-state index contributed by atoms with van der Waals surface area (Å²) in [6, 6.07) is 10.3. The molecule has 2 N–H and O–H groups in total. The average molecular weight is 303 g/mol. The quantitative estimate of drug-likeness (QED) is 0.826. The number of benzene rings is 1. The molecule has 2 amide bonds. The Hall–Kier alpha value is -1.88. The number of thiazole rings is 1. The van der Waals surface area contributed by atoms with Crippen molar-refractivity contribution >= 4 is 17.4 Å². The number of aromatic nitrogens is 1. The summed E-state index contributed by atoms with van der Waals surface area (Å²) < 4.78 is 0. The van der Waals surface area contributed by atoms with Gasteiger partial charge in [0.15, 0.2) is 0 Å². The summed E-state index contributed by atoms with van der Waals surface area (Å²) in [4.78, 5) is 17.1. The zero-order valence-corrected chi connectivity index (χ0v) is 13.1. The fourth-order valence-corrected chi connectivity index (χ4v) is 2.88. The SMILES string of the molecule is CCCNC(=O)NCCc1ncc(Cc2ccccc2)s1. The van der Waals surface area contributed by atoms with Crippen molar-refractivity contribution in [1.82, 2.24) is 15.6 Å². The Labute approximate surface area is 129 Å². The lowest BCUT2D eigenvalue weighted by atomic mass is 10.1. The second-order valence-electron chi connectivity index (χ2n) is 4.82. The molecule has 1 aromatic heterocycles. The van der Waals surface area contributed by atoms with Crippen LogP contribution in [0.2, 0.25) is 0 Å². The van der Waals surface area contributed by atoms with Crippen molar-refractivity contribution in [2.75, 3.05) is 13.1 Å². The second kappa shape index (κ2) is 8.42. The molecule has 0 aliphatic carbocycles. The van der Waals surface area contributed by atoms with Crippen molar-refractivity contribution < 1.29 is 4.79 Å². The van der Waals surface area contributed by atoms with Crippen molar-refractivity contribution in [3.63, 3.8) is 0 Å². The van der Waals surface area contributed by atoms with Crippen LogP contribution < -0.4 is 10.6 Å². The third-order valence-corrected chi connectivity index (χ3v) is 4.04. The Morgan fingerprint density at radius 1 is 1.19 bits per heavy atom. The molecule has 0 unspecified atom stereocenters. The van der Waals surface area contributed by atoms with Gasteiger partial charge in [-0.1, -0.05) is 37.3 Å². The van der Waals surface area contributed by atoms with Crippen LogP contribution in [0.15, 0.2) is 36.5 Å². The maximum Gasteiger partial charge on any atom is 0.314 e. The van der Waals surface area contributed by atoms with E-state index in [4.69, 9.17) is 0 Å². The minimum absolute atomic E-state index is 0.0992. The van der Waals surface area contributed by atoms with Crippen molar-refractivity contribution in [1.29, 1.82) is 0 Å². The Bertz CT molecular complexity index is 554. The highest BCUT2D eigenvalue weighted by atomic mass is 32.1. The number of nitrogens with one attached hydrogen (secondary N) is 2. The summed E-state index contributed by atoms with van der Waals surface area (Å²) in [6.45, 7) is 3.36. The van der Waals surface area contributed by atoms with E-state index in [0.29, 0.717) is 13.1 Å². The molecule has 2 aromatic rings. The summed E-state index contributed by atoms with van der Waals surface area (Å²) >= 11 is 1.71. The summed E-state index contributed by atoms with van der Waals surface area (Å²) in [5.41, 5.74) is 1.30. The molecule has 112 valence electrons. The number of rotatable bonds is 7. The van der Waals surface area contributed by atoms with E-state index in [1.807, 2.05) is 19.2 Å². The minimum Gasteiger partial charge on any atom is -0.338 e. The van der Waals surface area contributed by atoms with Gasteiger partial charge in [0.1, 0.15) is 0 Å². The molecule has 0 saturated carbocycles. The van der Waals surface area contributed by atoms with Gasteiger partial charge in [0.2, 0.25) is 0 Å². The van der Waals surface area contributed by atoms with Gasteiger partial charge in [0, 0.05) is 37.0 Å². The number of carbonyl (C=O) groups is 1. The van der Waals surface area contributed by atoms with Gasteiger partial charge in [0.25, 0.3) is 0 Å². The van der Waals surface area contributed by atoms with E-state index in [0.717, 1.165) is 24.3 Å². The standard InChI is InChI=1S/C16H21N3OS/c1-2-9-17-16(20)18-10-8-15-19-12-14(21-15)11-13-6-4-3-5-7-13/h3-7,12H,2,8-11H2,1H3,(H2,17,18,20). The summed E-state index contributed by atoms with van der Waals surface area (Å²) in [6.07, 6.45) is 4.58. The van der Waals surface area contributed by atoms with Crippen molar-refractivity contribution in [2.45, 2.75) is 26.2 Å². The predicted octanol–water partition coefficient (Wildman–Crippen LogP) is 2.99. The van der Waals surface area contributed by atoms with Gasteiger partial charge in [-0.05, 0) is 12.0 Å². The highest BCUT2D eigenvalue weighted by Crippen LogP contribution is 2.17. The van der Waals surface area contributed by atoms with Crippen molar-refractivity contribution in [3.05, 3.63) is 52.0 Å². The average Bonchev–Trinajstić information content (AvgIpc) is 2.93. The largest absolute Gasteiger partial charge is 0.338 e. The van der Waals surface area contributed by atoms with Gasteiger partial charge in [-0.25, -0.2) is 9.78 Å². The zero-order chi connectivity index (χ0) is 14.9. The molecule has 0 atom stereocenters. The van der Waals surface area contributed by atoms with Gasteiger partial charge < -0.3 is 10.6 Å². The third-order valence-electron chi connectivity index (χ3n) is 2.98. The van der Waals surface area contributed by atoms with Crippen LogP contribution in [-0.4, -0.2) is 24.1 Å². The van der Waals surface area contributed by atoms with E-state index < -0.39 is 0 Å². The molecule has 0 radical (unpaired) electrons. The lowest BCUT2D eigenvalue weighted by Crippen LogP contribution is -2.36. The molecule has 4 nitrogen and oxygen atoms in total. The Kier molecular flexibility index (Phi) is 6.22. The molecule has 1 aromatic carbocycles. The smallest absolute Gasteiger partial charge is 0.314 e. The molecular weight excluding hydrogens is 282 g/mol. The number of urea groups is 1. The maximum atomic E-state index is 11.4. The Morgan fingerprint density at radius 3 is 2.71 bits per heavy atom. The van der Waals surface area contributed by atoms with Gasteiger partial charge in [0.05, 0.1) is 5.01 Å². The lowest BCUT2D eigenvalue weighted by molar-refractivity contribution is 0.241. The van der Waals surface area contributed by atoms with Gasteiger partial charge in [-0.15, -0.1) is 11.3 Å². The molecule has 21 heavy (non-hydrogen) atoms. The first-order valence-corrected chi connectivity index (χ1v) is 8.08. The summed E-state index contributed by atoms with van der Waals surface area (Å²) in [7, 11) is 0. The number of amides is 2. The summed E-state index contributed by atoms with van der Waals surface area (Å²) in [5, 5.41) is 6.70. The van der Waals surface area contributed by atoms with E-state index in [2.05, 4.69) is 39.9 Å². The van der Waals surface area contributed by atoms with E-state index in [-0.39, 0.29) is 6.03 Å². The predicted molar refractivity (Wildman–Crippen MR) is 86.8 cm³/mol. The summed E-state index contributed by atoms with van der Waals surface area (Å²) in [5.74, 6) is 0.